The zero-order chi connectivity index (χ0) is 14.2. The Bertz CT molecular complexity index is 524. The average Bonchev–Trinajstić information content (AvgIpc) is 2.71. The van der Waals surface area contributed by atoms with Crippen LogP contribution in [0.1, 0.15) is 44.2 Å². The lowest BCUT2D eigenvalue weighted by Crippen LogP contribution is -2.34. The molecule has 108 valence electrons. The molecule has 0 atom stereocenters. The first-order chi connectivity index (χ1) is 9.61. The average molecular weight is 271 g/mol. The maximum absolute atomic E-state index is 5.38. The Hall–Kier alpha value is -1.28. The number of benzene rings is 1. The molecule has 1 aromatic rings. The maximum Gasteiger partial charge on any atom is 0.119 e. The van der Waals surface area contributed by atoms with Gasteiger partial charge in [-0.05, 0) is 54.8 Å². The number of ether oxygens (including phenoxy) is 1. The minimum atomic E-state index is 0.126. The molecule has 0 N–H and O–H groups in total. The Morgan fingerprint density at radius 2 is 1.90 bits per heavy atom. The highest BCUT2D eigenvalue weighted by atomic mass is 16.5. The van der Waals surface area contributed by atoms with Gasteiger partial charge < -0.3 is 4.74 Å². The van der Waals surface area contributed by atoms with Gasteiger partial charge in [0.1, 0.15) is 5.75 Å². The topological polar surface area (TPSA) is 12.5 Å². The predicted molar refractivity (Wildman–Crippen MR) is 84.3 cm³/mol. The van der Waals surface area contributed by atoms with Gasteiger partial charge in [0.15, 0.2) is 0 Å². The van der Waals surface area contributed by atoms with Gasteiger partial charge in [0.2, 0.25) is 0 Å². The van der Waals surface area contributed by atoms with E-state index in [1.165, 1.54) is 43.5 Å². The second-order valence-corrected chi connectivity index (χ2v) is 6.58. The Kier molecular flexibility index (Phi) is 3.59. The number of nitrogens with zero attached hydrogens (tertiary/aromatic N) is 1. The Morgan fingerprint density at radius 3 is 2.60 bits per heavy atom. The van der Waals surface area contributed by atoms with Gasteiger partial charge in [0.05, 0.1) is 7.11 Å². The first kappa shape index (κ1) is 13.7. The lowest BCUT2D eigenvalue weighted by molar-refractivity contribution is 0.240. The molecule has 0 radical (unpaired) electrons. The number of rotatable bonds is 3. The molecule has 2 aliphatic rings. The van der Waals surface area contributed by atoms with Crippen molar-refractivity contribution >= 4 is 6.08 Å². The summed E-state index contributed by atoms with van der Waals surface area (Å²) in [6, 6.07) is 6.46. The molecule has 0 spiro atoms. The van der Waals surface area contributed by atoms with Crippen molar-refractivity contribution in [2.75, 3.05) is 26.7 Å². The minimum Gasteiger partial charge on any atom is -0.497 e. The van der Waals surface area contributed by atoms with Crippen molar-refractivity contribution in [2.45, 2.75) is 38.5 Å². The summed E-state index contributed by atoms with van der Waals surface area (Å²) in [4.78, 5) is 2.61. The van der Waals surface area contributed by atoms with E-state index in [1.807, 2.05) is 0 Å². The molecule has 0 unspecified atom stereocenters. The fourth-order valence-electron chi connectivity index (χ4n) is 3.47. The molecular weight excluding hydrogens is 246 g/mol. The number of methoxy groups -OCH3 is 1. The zero-order valence-corrected chi connectivity index (χ0v) is 12.9. The van der Waals surface area contributed by atoms with E-state index in [2.05, 4.69) is 43.0 Å². The minimum absolute atomic E-state index is 0.126. The van der Waals surface area contributed by atoms with Crippen LogP contribution in [0.3, 0.4) is 0 Å². The van der Waals surface area contributed by atoms with Crippen molar-refractivity contribution in [3.05, 3.63) is 34.9 Å². The van der Waals surface area contributed by atoms with Gasteiger partial charge in [-0.15, -0.1) is 0 Å². The zero-order valence-electron chi connectivity index (χ0n) is 12.9. The SMILES string of the molecule is COc1ccc2c(c1)C(C)(C)C(CN1CCCCC1)=C2. The highest BCUT2D eigenvalue weighted by Crippen LogP contribution is 2.43. The third-order valence-corrected chi connectivity index (χ3v) is 4.91. The van der Waals surface area contributed by atoms with E-state index in [0.717, 1.165) is 12.3 Å². The lowest BCUT2D eigenvalue weighted by atomic mass is 9.81. The van der Waals surface area contributed by atoms with Crippen LogP contribution < -0.4 is 4.74 Å². The molecule has 1 aromatic carbocycles. The van der Waals surface area contributed by atoms with E-state index >= 15 is 0 Å². The van der Waals surface area contributed by atoms with Crippen LogP contribution in [0.4, 0.5) is 0 Å². The second-order valence-electron chi connectivity index (χ2n) is 6.58. The maximum atomic E-state index is 5.38. The van der Waals surface area contributed by atoms with Crippen LogP contribution in [0, 0.1) is 0 Å². The van der Waals surface area contributed by atoms with Crippen LogP contribution in [-0.2, 0) is 5.41 Å². The van der Waals surface area contributed by atoms with Gasteiger partial charge >= 0.3 is 0 Å². The van der Waals surface area contributed by atoms with Crippen LogP contribution in [-0.4, -0.2) is 31.6 Å². The van der Waals surface area contributed by atoms with Gasteiger partial charge in [-0.3, -0.25) is 4.90 Å². The molecule has 0 saturated carbocycles. The second kappa shape index (κ2) is 5.25. The molecule has 1 aliphatic heterocycles. The third kappa shape index (κ3) is 2.37. The molecular formula is C18H25NO. The highest BCUT2D eigenvalue weighted by Gasteiger charge is 2.34. The summed E-state index contributed by atoms with van der Waals surface area (Å²) in [6.45, 7) is 8.31. The summed E-state index contributed by atoms with van der Waals surface area (Å²) < 4.78 is 5.38. The van der Waals surface area contributed by atoms with Crippen molar-refractivity contribution in [1.82, 2.24) is 4.90 Å². The Labute approximate surface area is 122 Å². The van der Waals surface area contributed by atoms with Crippen molar-refractivity contribution in [3.8, 4) is 5.75 Å². The van der Waals surface area contributed by atoms with Crippen LogP contribution in [0.5, 0.6) is 5.75 Å². The molecule has 1 aliphatic carbocycles. The summed E-state index contributed by atoms with van der Waals surface area (Å²) >= 11 is 0. The number of piperidine rings is 1. The summed E-state index contributed by atoms with van der Waals surface area (Å²) in [5, 5.41) is 0. The molecule has 0 amide bonds. The molecule has 20 heavy (non-hydrogen) atoms. The highest BCUT2D eigenvalue weighted by molar-refractivity contribution is 5.70. The summed E-state index contributed by atoms with van der Waals surface area (Å²) in [6.07, 6.45) is 6.50. The molecule has 0 aromatic heterocycles. The van der Waals surface area contributed by atoms with Crippen LogP contribution in [0.2, 0.25) is 0 Å². The monoisotopic (exact) mass is 271 g/mol. The quantitative estimate of drug-likeness (QED) is 0.828. The summed E-state index contributed by atoms with van der Waals surface area (Å²) in [7, 11) is 1.74. The molecule has 0 bridgehead atoms. The number of hydrogen-bond donors (Lipinski definition) is 0. The molecule has 2 nitrogen and oxygen atoms in total. The van der Waals surface area contributed by atoms with Crippen molar-refractivity contribution in [1.29, 1.82) is 0 Å². The standard InChI is InChI=1S/C18H25NO/c1-18(2)15(13-19-9-5-4-6-10-19)11-14-7-8-16(20-3)12-17(14)18/h7-8,11-12H,4-6,9-10,13H2,1-3H3. The Balaban J connectivity index is 1.83. The number of hydrogen-bond acceptors (Lipinski definition) is 2. The normalized spacial score (nSPS) is 21.4. The third-order valence-electron chi connectivity index (χ3n) is 4.91. The van der Waals surface area contributed by atoms with Gasteiger partial charge in [-0.1, -0.05) is 32.4 Å². The van der Waals surface area contributed by atoms with E-state index in [9.17, 15) is 0 Å². The smallest absolute Gasteiger partial charge is 0.119 e. The molecule has 1 fully saturated rings. The summed E-state index contributed by atoms with van der Waals surface area (Å²) in [5.74, 6) is 0.962. The van der Waals surface area contributed by atoms with E-state index in [1.54, 1.807) is 12.7 Å². The van der Waals surface area contributed by atoms with Crippen molar-refractivity contribution in [2.24, 2.45) is 0 Å². The largest absolute Gasteiger partial charge is 0.497 e. The van der Waals surface area contributed by atoms with Crippen LogP contribution in [0.15, 0.2) is 23.8 Å². The number of fused-ring (bicyclic) bond motifs is 1. The van der Waals surface area contributed by atoms with Crippen molar-refractivity contribution < 1.29 is 4.74 Å². The van der Waals surface area contributed by atoms with Crippen molar-refractivity contribution in [3.63, 3.8) is 0 Å². The van der Waals surface area contributed by atoms with Crippen LogP contribution >= 0.6 is 0 Å². The molecule has 1 heterocycles. The summed E-state index contributed by atoms with van der Waals surface area (Å²) in [5.41, 5.74) is 4.44. The van der Waals surface area contributed by atoms with Gasteiger partial charge in [-0.2, -0.15) is 0 Å². The Morgan fingerprint density at radius 1 is 1.15 bits per heavy atom. The van der Waals surface area contributed by atoms with Gasteiger partial charge in [0, 0.05) is 12.0 Å². The lowest BCUT2D eigenvalue weighted by Gasteiger charge is -2.32. The molecule has 3 rings (SSSR count). The van der Waals surface area contributed by atoms with E-state index in [-0.39, 0.29) is 5.41 Å². The molecule has 1 saturated heterocycles. The number of likely N-dealkylation sites (tertiary alicyclic amines) is 1. The molecule has 2 heteroatoms. The van der Waals surface area contributed by atoms with E-state index in [0.29, 0.717) is 0 Å². The van der Waals surface area contributed by atoms with Gasteiger partial charge in [0.25, 0.3) is 0 Å². The van der Waals surface area contributed by atoms with E-state index < -0.39 is 0 Å². The van der Waals surface area contributed by atoms with Crippen LogP contribution in [0.25, 0.3) is 6.08 Å². The van der Waals surface area contributed by atoms with Gasteiger partial charge in [-0.25, -0.2) is 0 Å². The fourth-order valence-corrected chi connectivity index (χ4v) is 3.47. The fraction of sp³-hybridized carbons (Fsp3) is 0.556. The first-order valence-electron chi connectivity index (χ1n) is 7.73. The predicted octanol–water partition coefficient (Wildman–Crippen LogP) is 3.86. The first-order valence-corrected chi connectivity index (χ1v) is 7.73. The van der Waals surface area contributed by atoms with E-state index in [4.69, 9.17) is 4.74 Å².